The van der Waals surface area contributed by atoms with Crippen molar-refractivity contribution in [2.45, 2.75) is 31.2 Å². The lowest BCUT2D eigenvalue weighted by Crippen LogP contribution is -2.46. The van der Waals surface area contributed by atoms with Crippen molar-refractivity contribution in [1.29, 1.82) is 0 Å². The van der Waals surface area contributed by atoms with Gasteiger partial charge in [-0.15, -0.1) is 0 Å². The number of carboxylic acids is 1. The second-order valence-corrected chi connectivity index (χ2v) is 8.66. The number of hydrogen-bond acceptors (Lipinski definition) is 6. The first-order valence-corrected chi connectivity index (χ1v) is 11.4. The van der Waals surface area contributed by atoms with Crippen molar-refractivity contribution in [3.8, 4) is 16.8 Å². The topological polar surface area (TPSA) is 122 Å². The fourth-order valence-electron chi connectivity index (χ4n) is 4.04. The van der Waals surface area contributed by atoms with E-state index in [0.717, 1.165) is 29.9 Å². The van der Waals surface area contributed by atoms with Gasteiger partial charge in [0.25, 0.3) is 5.56 Å². The van der Waals surface area contributed by atoms with Crippen LogP contribution in [-0.2, 0) is 11.3 Å². The molecular formula is C25H24F3N5O4. The summed E-state index contributed by atoms with van der Waals surface area (Å²) >= 11 is 0. The highest BCUT2D eigenvalue weighted by Gasteiger charge is 2.38. The standard InChI is InChI=1S/C23H23N5O2.C2HF3O2/c29-22-20-14-26-28(19-8-6-18(7-9-19)17-4-2-1-3-5-17)21(20)25-16-27(22)15-23(30)10-12-24-13-11-23;3-2(4,5)1(6)7/h1-9,14,16,24,30H,10-13,15H2;(H,6,7). The number of halogens is 3. The lowest BCUT2D eigenvalue weighted by molar-refractivity contribution is -0.192. The van der Waals surface area contributed by atoms with Crippen LogP contribution in [-0.4, -0.2) is 60.4 Å². The molecule has 1 aliphatic heterocycles. The number of carbonyl (C=O) groups is 1. The lowest BCUT2D eigenvalue weighted by atomic mass is 9.92. The van der Waals surface area contributed by atoms with Crippen LogP contribution in [0.3, 0.4) is 0 Å². The second-order valence-electron chi connectivity index (χ2n) is 8.66. The smallest absolute Gasteiger partial charge is 0.475 e. The average Bonchev–Trinajstić information content (AvgIpc) is 3.31. The van der Waals surface area contributed by atoms with Gasteiger partial charge < -0.3 is 15.5 Å². The number of alkyl halides is 3. The van der Waals surface area contributed by atoms with E-state index in [1.165, 1.54) is 10.9 Å². The van der Waals surface area contributed by atoms with Crippen LogP contribution in [0.2, 0.25) is 0 Å². The number of nitrogens with one attached hydrogen (secondary N) is 1. The highest BCUT2D eigenvalue weighted by molar-refractivity contribution is 5.75. The first-order chi connectivity index (χ1) is 17.6. The predicted octanol–water partition coefficient (Wildman–Crippen LogP) is 3.00. The molecule has 1 aliphatic rings. The number of rotatable bonds is 4. The number of aromatic nitrogens is 4. The Morgan fingerprint density at radius 3 is 2.22 bits per heavy atom. The van der Waals surface area contributed by atoms with Crippen molar-refractivity contribution in [3.05, 3.63) is 77.5 Å². The van der Waals surface area contributed by atoms with Gasteiger partial charge in [-0.3, -0.25) is 9.36 Å². The summed E-state index contributed by atoms with van der Waals surface area (Å²) in [6.07, 6.45) is -0.783. The Hall–Kier alpha value is -4.03. The third kappa shape index (κ3) is 6.04. The molecule has 3 heterocycles. The van der Waals surface area contributed by atoms with Crippen LogP contribution in [0, 0.1) is 0 Å². The number of nitrogens with zero attached hydrogens (tertiary/aromatic N) is 4. The SMILES string of the molecule is O=C(O)C(F)(F)F.O=c1c2cnn(-c3ccc(-c4ccccc4)cc3)c2ncn1CC1(O)CCNCC1. The van der Waals surface area contributed by atoms with Crippen molar-refractivity contribution < 1.29 is 28.2 Å². The maximum absolute atomic E-state index is 13.0. The predicted molar refractivity (Wildman–Crippen MR) is 129 cm³/mol. The van der Waals surface area contributed by atoms with Gasteiger partial charge in [-0.2, -0.15) is 18.3 Å². The molecule has 0 spiro atoms. The molecular weight excluding hydrogens is 491 g/mol. The zero-order chi connectivity index (χ0) is 26.6. The van der Waals surface area contributed by atoms with Gasteiger partial charge in [0.2, 0.25) is 0 Å². The Morgan fingerprint density at radius 2 is 1.62 bits per heavy atom. The Balaban J connectivity index is 0.000000405. The summed E-state index contributed by atoms with van der Waals surface area (Å²) in [4.78, 5) is 26.4. The lowest BCUT2D eigenvalue weighted by Gasteiger charge is -2.32. The molecule has 0 bridgehead atoms. The number of fused-ring (bicyclic) bond motifs is 1. The summed E-state index contributed by atoms with van der Waals surface area (Å²) in [7, 11) is 0. The van der Waals surface area contributed by atoms with Gasteiger partial charge in [0.1, 0.15) is 11.7 Å². The molecule has 5 rings (SSSR count). The van der Waals surface area contributed by atoms with E-state index in [1.807, 2.05) is 42.5 Å². The molecule has 2 aromatic carbocycles. The summed E-state index contributed by atoms with van der Waals surface area (Å²) in [5.74, 6) is -2.76. The minimum atomic E-state index is -5.08. The fraction of sp³-hybridized carbons (Fsp3) is 0.280. The van der Waals surface area contributed by atoms with Gasteiger partial charge in [-0.05, 0) is 49.2 Å². The highest BCUT2D eigenvalue weighted by Crippen LogP contribution is 2.23. The Morgan fingerprint density at radius 1 is 1.03 bits per heavy atom. The van der Waals surface area contributed by atoms with Gasteiger partial charge >= 0.3 is 12.1 Å². The fourth-order valence-corrected chi connectivity index (χ4v) is 4.04. The molecule has 0 amide bonds. The van der Waals surface area contributed by atoms with Crippen molar-refractivity contribution in [2.24, 2.45) is 0 Å². The van der Waals surface area contributed by atoms with E-state index in [-0.39, 0.29) is 12.1 Å². The molecule has 9 nitrogen and oxygen atoms in total. The number of aliphatic carboxylic acids is 1. The second kappa shape index (κ2) is 10.5. The minimum Gasteiger partial charge on any atom is -0.475 e. The first kappa shape index (κ1) is 26.0. The molecule has 0 radical (unpaired) electrons. The summed E-state index contributed by atoms with van der Waals surface area (Å²) < 4.78 is 34.9. The van der Waals surface area contributed by atoms with Crippen LogP contribution in [0.5, 0.6) is 0 Å². The van der Waals surface area contributed by atoms with Crippen LogP contribution in [0.1, 0.15) is 12.8 Å². The van der Waals surface area contributed by atoms with Crippen LogP contribution in [0.4, 0.5) is 13.2 Å². The maximum atomic E-state index is 13.0. The van der Waals surface area contributed by atoms with Crippen LogP contribution in [0.15, 0.2) is 71.9 Å². The molecule has 0 atom stereocenters. The van der Waals surface area contributed by atoms with Gasteiger partial charge in [-0.25, -0.2) is 14.5 Å². The van der Waals surface area contributed by atoms with Gasteiger partial charge in [-0.1, -0.05) is 42.5 Å². The van der Waals surface area contributed by atoms with Gasteiger partial charge in [0.05, 0.1) is 24.0 Å². The molecule has 194 valence electrons. The van der Waals surface area contributed by atoms with E-state index in [0.29, 0.717) is 23.9 Å². The van der Waals surface area contributed by atoms with Crippen LogP contribution in [0.25, 0.3) is 27.8 Å². The van der Waals surface area contributed by atoms with Crippen LogP contribution >= 0.6 is 0 Å². The summed E-state index contributed by atoms with van der Waals surface area (Å²) in [5, 5.41) is 26.0. The number of hydrogen-bond donors (Lipinski definition) is 3. The molecule has 37 heavy (non-hydrogen) atoms. The molecule has 0 unspecified atom stereocenters. The maximum Gasteiger partial charge on any atom is 0.490 e. The summed E-state index contributed by atoms with van der Waals surface area (Å²) in [6, 6.07) is 18.2. The Kier molecular flexibility index (Phi) is 7.41. The molecule has 3 N–H and O–H groups in total. The van der Waals surface area contributed by atoms with Crippen molar-refractivity contribution >= 4 is 17.0 Å². The van der Waals surface area contributed by atoms with Crippen molar-refractivity contribution in [3.63, 3.8) is 0 Å². The van der Waals surface area contributed by atoms with E-state index in [4.69, 9.17) is 9.90 Å². The number of aliphatic hydroxyl groups is 1. The molecule has 2 aromatic heterocycles. The quantitative estimate of drug-likeness (QED) is 0.382. The van der Waals surface area contributed by atoms with Crippen molar-refractivity contribution in [2.75, 3.05) is 13.1 Å². The molecule has 0 aliphatic carbocycles. The van der Waals surface area contributed by atoms with E-state index in [1.54, 1.807) is 10.9 Å². The number of benzene rings is 2. The molecule has 1 saturated heterocycles. The highest BCUT2D eigenvalue weighted by atomic mass is 19.4. The molecule has 0 saturated carbocycles. The molecule has 1 fully saturated rings. The first-order valence-electron chi connectivity index (χ1n) is 11.4. The van der Waals surface area contributed by atoms with E-state index in [9.17, 15) is 23.1 Å². The average molecular weight is 515 g/mol. The Labute approximate surface area is 208 Å². The van der Waals surface area contributed by atoms with E-state index in [2.05, 4.69) is 27.5 Å². The largest absolute Gasteiger partial charge is 0.490 e. The van der Waals surface area contributed by atoms with E-state index < -0.39 is 17.7 Å². The molecule has 12 heteroatoms. The monoisotopic (exact) mass is 515 g/mol. The molecule has 4 aromatic rings. The number of carboxylic acid groups (broad SMARTS) is 1. The zero-order valence-corrected chi connectivity index (χ0v) is 19.5. The van der Waals surface area contributed by atoms with Gasteiger partial charge in [0.15, 0.2) is 5.65 Å². The van der Waals surface area contributed by atoms with Crippen molar-refractivity contribution in [1.82, 2.24) is 24.6 Å². The van der Waals surface area contributed by atoms with Gasteiger partial charge in [0, 0.05) is 0 Å². The van der Waals surface area contributed by atoms with Crippen LogP contribution < -0.4 is 10.9 Å². The summed E-state index contributed by atoms with van der Waals surface area (Å²) in [6.45, 7) is 1.74. The minimum absolute atomic E-state index is 0.181. The third-order valence-corrected chi connectivity index (χ3v) is 6.01. The zero-order valence-electron chi connectivity index (χ0n) is 19.5. The third-order valence-electron chi connectivity index (χ3n) is 6.01. The normalized spacial score (nSPS) is 15.1. The summed E-state index contributed by atoms with van der Waals surface area (Å²) in [5.41, 5.74) is 2.55. The van der Waals surface area contributed by atoms with E-state index >= 15 is 0 Å². The number of piperidine rings is 1. The Bertz CT molecular complexity index is 1430.